The molecule has 4 rings (SSSR count). The Bertz CT molecular complexity index is 979. The summed E-state index contributed by atoms with van der Waals surface area (Å²) in [7, 11) is 0. The first kappa shape index (κ1) is 20.4. The van der Waals surface area contributed by atoms with Gasteiger partial charge in [-0.3, -0.25) is 9.59 Å². The van der Waals surface area contributed by atoms with Gasteiger partial charge in [0.05, 0.1) is 17.7 Å². The molecule has 1 aliphatic heterocycles. The number of aromatic amines is 1. The number of halogens is 4. The molecule has 160 valence electrons. The lowest BCUT2D eigenvalue weighted by Crippen LogP contribution is -2.37. The molecule has 5 nitrogen and oxygen atoms in total. The SMILES string of the molecule is O=C(NCCC1CC1)c1cc2c([nH]1)CN(C(=O)c1cc(F)ccc1C(F)(F)F)CC2. The fourth-order valence-electron chi connectivity index (χ4n) is 3.73. The van der Waals surface area contributed by atoms with Crippen LogP contribution in [0.4, 0.5) is 17.6 Å². The number of nitrogens with zero attached hydrogens (tertiary/aromatic N) is 1. The Labute approximate surface area is 170 Å². The minimum Gasteiger partial charge on any atom is -0.353 e. The summed E-state index contributed by atoms with van der Waals surface area (Å²) in [4.78, 5) is 29.3. The smallest absolute Gasteiger partial charge is 0.353 e. The summed E-state index contributed by atoms with van der Waals surface area (Å²) < 4.78 is 53.3. The molecule has 1 fully saturated rings. The lowest BCUT2D eigenvalue weighted by Gasteiger charge is -2.28. The van der Waals surface area contributed by atoms with Crippen molar-refractivity contribution in [3.63, 3.8) is 0 Å². The van der Waals surface area contributed by atoms with Crippen LogP contribution in [0.2, 0.25) is 0 Å². The van der Waals surface area contributed by atoms with Crippen molar-refractivity contribution < 1.29 is 27.2 Å². The zero-order valence-electron chi connectivity index (χ0n) is 16.1. The molecule has 0 bridgehead atoms. The molecule has 9 heteroatoms. The number of carbonyl (C=O) groups excluding carboxylic acids is 2. The Kier molecular flexibility index (Phi) is 5.29. The van der Waals surface area contributed by atoms with Crippen LogP contribution in [-0.2, 0) is 19.1 Å². The van der Waals surface area contributed by atoms with Gasteiger partial charge in [-0.25, -0.2) is 4.39 Å². The molecule has 1 aliphatic carbocycles. The van der Waals surface area contributed by atoms with Crippen molar-refractivity contribution in [1.29, 1.82) is 0 Å². The van der Waals surface area contributed by atoms with Crippen LogP contribution in [0.1, 0.15) is 56.9 Å². The molecule has 2 heterocycles. The summed E-state index contributed by atoms with van der Waals surface area (Å²) >= 11 is 0. The van der Waals surface area contributed by atoms with Gasteiger partial charge in [0.25, 0.3) is 11.8 Å². The van der Waals surface area contributed by atoms with Crippen LogP contribution >= 0.6 is 0 Å². The second-order valence-electron chi connectivity index (χ2n) is 7.84. The number of aromatic nitrogens is 1. The molecule has 0 unspecified atom stereocenters. The van der Waals surface area contributed by atoms with E-state index < -0.39 is 29.0 Å². The summed E-state index contributed by atoms with van der Waals surface area (Å²) in [5.74, 6) is -1.34. The number of hydrogen-bond acceptors (Lipinski definition) is 2. The van der Waals surface area contributed by atoms with Gasteiger partial charge in [-0.1, -0.05) is 12.8 Å². The second-order valence-corrected chi connectivity index (χ2v) is 7.84. The van der Waals surface area contributed by atoms with Gasteiger partial charge < -0.3 is 15.2 Å². The van der Waals surface area contributed by atoms with E-state index in [2.05, 4.69) is 10.3 Å². The molecular weight excluding hydrogens is 402 g/mol. The number of hydrogen-bond donors (Lipinski definition) is 2. The van der Waals surface area contributed by atoms with Gasteiger partial charge in [-0.2, -0.15) is 13.2 Å². The largest absolute Gasteiger partial charge is 0.417 e. The Hall–Kier alpha value is -2.84. The first-order valence-electron chi connectivity index (χ1n) is 9.87. The molecule has 30 heavy (non-hydrogen) atoms. The molecule has 1 aromatic heterocycles. The van der Waals surface area contributed by atoms with Gasteiger partial charge >= 0.3 is 6.18 Å². The van der Waals surface area contributed by atoms with Crippen molar-refractivity contribution in [2.45, 2.75) is 38.4 Å². The quantitative estimate of drug-likeness (QED) is 0.717. The normalized spacial score (nSPS) is 16.3. The Balaban J connectivity index is 1.48. The van der Waals surface area contributed by atoms with E-state index in [0.717, 1.165) is 12.0 Å². The number of amides is 2. The molecule has 0 saturated heterocycles. The molecule has 2 amide bonds. The third-order valence-corrected chi connectivity index (χ3v) is 5.58. The van der Waals surface area contributed by atoms with Gasteiger partial charge in [0.2, 0.25) is 0 Å². The predicted molar refractivity (Wildman–Crippen MR) is 100 cm³/mol. The summed E-state index contributed by atoms with van der Waals surface area (Å²) in [6, 6.07) is 3.60. The highest BCUT2D eigenvalue weighted by Crippen LogP contribution is 2.34. The van der Waals surface area contributed by atoms with Crippen LogP contribution in [-0.4, -0.2) is 34.8 Å². The monoisotopic (exact) mass is 423 g/mol. The predicted octanol–water partition coefficient (Wildman–Crippen LogP) is 3.90. The first-order valence-corrected chi connectivity index (χ1v) is 9.87. The van der Waals surface area contributed by atoms with Crippen molar-refractivity contribution >= 4 is 11.8 Å². The van der Waals surface area contributed by atoms with Crippen molar-refractivity contribution in [3.8, 4) is 0 Å². The topological polar surface area (TPSA) is 65.2 Å². The van der Waals surface area contributed by atoms with Crippen molar-refractivity contribution in [3.05, 3.63) is 58.2 Å². The Morgan fingerprint density at radius 1 is 1.20 bits per heavy atom. The maximum absolute atomic E-state index is 13.6. The molecule has 0 spiro atoms. The fraction of sp³-hybridized carbons (Fsp3) is 0.429. The highest BCUT2D eigenvalue weighted by Gasteiger charge is 2.37. The highest BCUT2D eigenvalue weighted by atomic mass is 19.4. The Morgan fingerprint density at radius 3 is 2.67 bits per heavy atom. The maximum Gasteiger partial charge on any atom is 0.417 e. The highest BCUT2D eigenvalue weighted by molar-refractivity contribution is 5.96. The summed E-state index contributed by atoms with van der Waals surface area (Å²) in [6.45, 7) is 0.801. The molecule has 0 radical (unpaired) electrons. The summed E-state index contributed by atoms with van der Waals surface area (Å²) in [5, 5.41) is 2.85. The van der Waals surface area contributed by atoms with Crippen LogP contribution in [0.15, 0.2) is 24.3 Å². The minimum atomic E-state index is -4.77. The number of carbonyl (C=O) groups is 2. The van der Waals surface area contributed by atoms with Crippen LogP contribution < -0.4 is 5.32 Å². The summed E-state index contributed by atoms with van der Waals surface area (Å²) in [5.41, 5.74) is -0.0575. The lowest BCUT2D eigenvalue weighted by molar-refractivity contribution is -0.138. The number of benzene rings is 1. The van der Waals surface area contributed by atoms with Crippen molar-refractivity contribution in [2.75, 3.05) is 13.1 Å². The van der Waals surface area contributed by atoms with E-state index >= 15 is 0 Å². The Morgan fingerprint density at radius 2 is 1.97 bits per heavy atom. The third kappa shape index (κ3) is 4.34. The number of rotatable bonds is 5. The average molecular weight is 423 g/mol. The average Bonchev–Trinajstić information content (AvgIpc) is 3.41. The van der Waals surface area contributed by atoms with Crippen LogP contribution in [0.25, 0.3) is 0 Å². The number of H-pyrrole nitrogens is 1. The zero-order chi connectivity index (χ0) is 21.5. The van der Waals surface area contributed by atoms with E-state index in [1.807, 2.05) is 0 Å². The summed E-state index contributed by atoms with van der Waals surface area (Å²) in [6.07, 6.45) is -1.01. The van der Waals surface area contributed by atoms with E-state index in [0.29, 0.717) is 48.5 Å². The number of nitrogens with one attached hydrogen (secondary N) is 2. The lowest BCUT2D eigenvalue weighted by atomic mass is 10.0. The maximum atomic E-state index is 13.6. The molecule has 2 aromatic rings. The van der Waals surface area contributed by atoms with Crippen LogP contribution in [0.5, 0.6) is 0 Å². The van der Waals surface area contributed by atoms with E-state index in [1.54, 1.807) is 6.07 Å². The minimum absolute atomic E-state index is 0.0251. The van der Waals surface area contributed by atoms with Gasteiger partial charge in [-0.05, 0) is 48.6 Å². The second kappa shape index (κ2) is 7.77. The molecule has 2 aliphatic rings. The number of fused-ring (bicyclic) bond motifs is 1. The van der Waals surface area contributed by atoms with Gasteiger partial charge in [0.15, 0.2) is 0 Å². The molecule has 1 saturated carbocycles. The van der Waals surface area contributed by atoms with Gasteiger partial charge in [0, 0.05) is 18.8 Å². The van der Waals surface area contributed by atoms with Crippen LogP contribution in [0, 0.1) is 11.7 Å². The number of alkyl halides is 3. The fourth-order valence-corrected chi connectivity index (χ4v) is 3.73. The van der Waals surface area contributed by atoms with E-state index in [-0.39, 0.29) is 19.0 Å². The molecular formula is C21H21F4N3O2. The van der Waals surface area contributed by atoms with Crippen LogP contribution in [0.3, 0.4) is 0 Å². The zero-order valence-corrected chi connectivity index (χ0v) is 16.1. The molecule has 0 atom stereocenters. The van der Waals surface area contributed by atoms with Gasteiger partial charge in [0.1, 0.15) is 11.5 Å². The van der Waals surface area contributed by atoms with E-state index in [1.165, 1.54) is 17.7 Å². The van der Waals surface area contributed by atoms with Crippen molar-refractivity contribution in [1.82, 2.24) is 15.2 Å². The molecule has 1 aromatic carbocycles. The first-order chi connectivity index (χ1) is 14.2. The molecule has 2 N–H and O–H groups in total. The van der Waals surface area contributed by atoms with Crippen molar-refractivity contribution in [2.24, 2.45) is 5.92 Å². The standard InChI is InChI=1S/C21H21F4N3O2/c22-14-3-4-16(21(23,24)25)15(10-14)20(30)28-8-6-13-9-17(27-18(13)11-28)19(29)26-7-5-12-1-2-12/h3-4,9-10,12,27H,1-2,5-8,11H2,(H,26,29). The van der Waals surface area contributed by atoms with E-state index in [9.17, 15) is 27.2 Å². The van der Waals surface area contributed by atoms with E-state index in [4.69, 9.17) is 0 Å². The third-order valence-electron chi connectivity index (χ3n) is 5.58. The van der Waals surface area contributed by atoms with Gasteiger partial charge in [-0.15, -0.1) is 0 Å².